The number of carbonyl (C=O) groups is 1. The fraction of sp³-hybridized carbons (Fsp3) is 0.0526. The second-order valence-corrected chi connectivity index (χ2v) is 6.58. The predicted molar refractivity (Wildman–Crippen MR) is 107 cm³/mol. The lowest BCUT2D eigenvalue weighted by atomic mass is 10.2. The van der Waals surface area contributed by atoms with Gasteiger partial charge in [-0.15, -0.1) is 0 Å². The lowest BCUT2D eigenvalue weighted by Crippen LogP contribution is -2.30. The Balaban J connectivity index is 1.80. The van der Waals surface area contributed by atoms with E-state index in [-0.39, 0.29) is 5.91 Å². The first-order valence-electron chi connectivity index (χ1n) is 7.55. The molecule has 1 fully saturated rings. The normalized spacial score (nSPS) is 15.4. The van der Waals surface area contributed by atoms with Gasteiger partial charge in [0, 0.05) is 4.47 Å². The van der Waals surface area contributed by atoms with Crippen molar-refractivity contribution in [3.63, 3.8) is 0 Å². The SMILES string of the molecule is C=CCOc1ccc(/C=C2\NC(=S)N(c3ccc(Br)cc3)C2=O)cc1. The molecule has 1 heterocycles. The minimum absolute atomic E-state index is 0.181. The van der Waals surface area contributed by atoms with E-state index in [2.05, 4.69) is 27.8 Å². The van der Waals surface area contributed by atoms with Gasteiger partial charge < -0.3 is 10.1 Å². The number of anilines is 1. The van der Waals surface area contributed by atoms with Crippen LogP contribution in [0.25, 0.3) is 6.08 Å². The van der Waals surface area contributed by atoms with E-state index in [4.69, 9.17) is 17.0 Å². The van der Waals surface area contributed by atoms with E-state index >= 15 is 0 Å². The summed E-state index contributed by atoms with van der Waals surface area (Å²) in [4.78, 5) is 14.2. The van der Waals surface area contributed by atoms with E-state index in [0.29, 0.717) is 17.4 Å². The predicted octanol–water partition coefficient (Wildman–Crippen LogP) is 4.28. The molecule has 1 N–H and O–H groups in total. The van der Waals surface area contributed by atoms with Gasteiger partial charge in [0.15, 0.2) is 5.11 Å². The quantitative estimate of drug-likeness (QED) is 0.450. The third-order valence-electron chi connectivity index (χ3n) is 3.52. The van der Waals surface area contributed by atoms with Crippen LogP contribution in [0, 0.1) is 0 Å². The summed E-state index contributed by atoms with van der Waals surface area (Å²) in [5, 5.41) is 3.34. The van der Waals surface area contributed by atoms with E-state index < -0.39 is 0 Å². The largest absolute Gasteiger partial charge is 0.490 e. The van der Waals surface area contributed by atoms with Crippen molar-refractivity contribution in [2.75, 3.05) is 11.5 Å². The van der Waals surface area contributed by atoms with Gasteiger partial charge in [-0.05, 0) is 60.3 Å². The van der Waals surface area contributed by atoms with Crippen molar-refractivity contribution < 1.29 is 9.53 Å². The Morgan fingerprint density at radius 1 is 1.16 bits per heavy atom. The first-order valence-corrected chi connectivity index (χ1v) is 8.75. The van der Waals surface area contributed by atoms with Gasteiger partial charge in [0.2, 0.25) is 0 Å². The number of halogens is 1. The molecule has 0 spiro atoms. The third-order valence-corrected chi connectivity index (χ3v) is 4.34. The van der Waals surface area contributed by atoms with Gasteiger partial charge in [0.05, 0.1) is 5.69 Å². The number of hydrogen-bond donors (Lipinski definition) is 1. The monoisotopic (exact) mass is 414 g/mol. The molecule has 0 radical (unpaired) electrons. The number of nitrogens with zero attached hydrogens (tertiary/aromatic N) is 1. The summed E-state index contributed by atoms with van der Waals surface area (Å²) < 4.78 is 6.39. The summed E-state index contributed by atoms with van der Waals surface area (Å²) in [7, 11) is 0. The van der Waals surface area contributed by atoms with Crippen LogP contribution >= 0.6 is 28.1 Å². The highest BCUT2D eigenvalue weighted by molar-refractivity contribution is 9.10. The molecular formula is C19H15BrN2O2S. The molecule has 0 unspecified atom stereocenters. The van der Waals surface area contributed by atoms with Gasteiger partial charge in [-0.3, -0.25) is 9.69 Å². The van der Waals surface area contributed by atoms with Gasteiger partial charge >= 0.3 is 0 Å². The standard InChI is InChI=1S/C19H15BrN2O2S/c1-2-11-24-16-9-3-13(4-10-16)12-17-18(23)22(19(25)21-17)15-7-5-14(20)6-8-15/h2-10,12H,1,11H2,(H,21,25)/b17-12-. The molecule has 1 aliphatic heterocycles. The van der Waals surface area contributed by atoms with E-state index in [1.165, 1.54) is 4.90 Å². The van der Waals surface area contributed by atoms with E-state index in [0.717, 1.165) is 21.5 Å². The van der Waals surface area contributed by atoms with Crippen molar-refractivity contribution >= 4 is 50.9 Å². The molecule has 0 saturated carbocycles. The molecule has 2 aromatic carbocycles. The third kappa shape index (κ3) is 3.97. The molecule has 1 amide bonds. The zero-order valence-corrected chi connectivity index (χ0v) is 15.6. The van der Waals surface area contributed by atoms with Gasteiger partial charge in [0.25, 0.3) is 5.91 Å². The van der Waals surface area contributed by atoms with Crippen LogP contribution in [0.15, 0.2) is 71.4 Å². The molecule has 0 aromatic heterocycles. The molecule has 126 valence electrons. The maximum Gasteiger partial charge on any atom is 0.281 e. The van der Waals surface area contributed by atoms with Crippen LogP contribution in [-0.4, -0.2) is 17.6 Å². The zero-order chi connectivity index (χ0) is 17.8. The molecule has 2 aromatic rings. The van der Waals surface area contributed by atoms with Crippen molar-refractivity contribution in [2.45, 2.75) is 0 Å². The lowest BCUT2D eigenvalue weighted by Gasteiger charge is -2.13. The van der Waals surface area contributed by atoms with Gasteiger partial charge in [-0.25, -0.2) is 0 Å². The Morgan fingerprint density at radius 2 is 1.84 bits per heavy atom. The zero-order valence-electron chi connectivity index (χ0n) is 13.2. The summed E-state index contributed by atoms with van der Waals surface area (Å²) in [6, 6.07) is 14.9. The fourth-order valence-corrected chi connectivity index (χ4v) is 2.90. The Kier molecular flexibility index (Phi) is 5.31. The summed E-state index contributed by atoms with van der Waals surface area (Å²) in [6.45, 7) is 4.07. The fourth-order valence-electron chi connectivity index (χ4n) is 2.34. The van der Waals surface area contributed by atoms with Crippen LogP contribution in [0.2, 0.25) is 0 Å². The summed E-state index contributed by atoms with van der Waals surface area (Å²) in [5.41, 5.74) is 2.04. The van der Waals surface area contributed by atoms with E-state index in [1.54, 1.807) is 12.2 Å². The molecule has 0 atom stereocenters. The maximum atomic E-state index is 12.7. The van der Waals surface area contributed by atoms with Crippen LogP contribution in [0.1, 0.15) is 5.56 Å². The summed E-state index contributed by atoms with van der Waals surface area (Å²) in [5.74, 6) is 0.569. The maximum absolute atomic E-state index is 12.7. The molecular weight excluding hydrogens is 400 g/mol. The number of thiocarbonyl (C=S) groups is 1. The topological polar surface area (TPSA) is 41.6 Å². The van der Waals surface area contributed by atoms with Crippen molar-refractivity contribution in [3.8, 4) is 5.75 Å². The first-order chi connectivity index (χ1) is 12.1. The van der Waals surface area contributed by atoms with Crippen LogP contribution in [0.4, 0.5) is 5.69 Å². The number of benzene rings is 2. The van der Waals surface area contributed by atoms with E-state index in [1.807, 2.05) is 48.5 Å². The molecule has 3 rings (SSSR count). The van der Waals surface area contributed by atoms with Crippen LogP contribution < -0.4 is 15.0 Å². The summed E-state index contributed by atoms with van der Waals surface area (Å²) in [6.07, 6.45) is 3.46. The van der Waals surface area contributed by atoms with Gasteiger partial charge in [0.1, 0.15) is 18.1 Å². The molecule has 1 aliphatic rings. The molecule has 0 aliphatic carbocycles. The number of hydrogen-bond acceptors (Lipinski definition) is 3. The number of amides is 1. The van der Waals surface area contributed by atoms with Crippen molar-refractivity contribution in [2.24, 2.45) is 0 Å². The molecule has 6 heteroatoms. The average Bonchev–Trinajstić information content (AvgIpc) is 2.89. The number of carbonyl (C=O) groups excluding carboxylic acids is 1. The second-order valence-electron chi connectivity index (χ2n) is 5.27. The van der Waals surface area contributed by atoms with Gasteiger partial charge in [-0.2, -0.15) is 0 Å². The second kappa shape index (κ2) is 7.63. The Morgan fingerprint density at radius 3 is 2.48 bits per heavy atom. The van der Waals surface area contributed by atoms with Gasteiger partial charge in [-0.1, -0.05) is 40.7 Å². The molecule has 25 heavy (non-hydrogen) atoms. The number of ether oxygens (including phenoxy) is 1. The van der Waals surface area contributed by atoms with Crippen molar-refractivity contribution in [1.29, 1.82) is 0 Å². The Hall–Kier alpha value is -2.44. The highest BCUT2D eigenvalue weighted by Crippen LogP contribution is 2.24. The van der Waals surface area contributed by atoms with Crippen LogP contribution in [0.5, 0.6) is 5.75 Å². The smallest absolute Gasteiger partial charge is 0.281 e. The number of rotatable bonds is 5. The highest BCUT2D eigenvalue weighted by atomic mass is 79.9. The van der Waals surface area contributed by atoms with Crippen LogP contribution in [0.3, 0.4) is 0 Å². The molecule has 4 nitrogen and oxygen atoms in total. The molecule has 0 bridgehead atoms. The highest BCUT2D eigenvalue weighted by Gasteiger charge is 2.31. The lowest BCUT2D eigenvalue weighted by molar-refractivity contribution is -0.113. The Labute approximate surface area is 159 Å². The Bertz CT molecular complexity index is 845. The first kappa shape index (κ1) is 17.4. The van der Waals surface area contributed by atoms with E-state index in [9.17, 15) is 4.79 Å². The number of nitrogens with one attached hydrogen (secondary N) is 1. The molecule has 1 saturated heterocycles. The average molecular weight is 415 g/mol. The van der Waals surface area contributed by atoms with Crippen molar-refractivity contribution in [3.05, 3.63) is 76.9 Å². The minimum Gasteiger partial charge on any atom is -0.490 e. The summed E-state index contributed by atoms with van der Waals surface area (Å²) >= 11 is 8.69. The minimum atomic E-state index is -0.181. The van der Waals surface area contributed by atoms with Crippen LogP contribution in [-0.2, 0) is 4.79 Å². The van der Waals surface area contributed by atoms with Crippen molar-refractivity contribution in [1.82, 2.24) is 5.32 Å².